The van der Waals surface area contributed by atoms with Gasteiger partial charge in [-0.2, -0.15) is 0 Å². The smallest absolute Gasteiger partial charge is 0.339 e. The summed E-state index contributed by atoms with van der Waals surface area (Å²) in [5.41, 5.74) is 4.70. The molecule has 7 heteroatoms. The van der Waals surface area contributed by atoms with E-state index in [2.05, 4.69) is 0 Å². The van der Waals surface area contributed by atoms with Gasteiger partial charge in [-0.1, -0.05) is 6.07 Å². The van der Waals surface area contributed by atoms with E-state index in [4.69, 9.17) is 15.6 Å². The third-order valence-corrected chi connectivity index (χ3v) is 2.39. The first kappa shape index (κ1) is 13.9. The third-order valence-electron chi connectivity index (χ3n) is 2.39. The fourth-order valence-corrected chi connectivity index (χ4v) is 1.41. The van der Waals surface area contributed by atoms with Crippen molar-refractivity contribution in [1.82, 2.24) is 0 Å². The van der Waals surface area contributed by atoms with Crippen LogP contribution in [0.25, 0.3) is 0 Å². The van der Waals surface area contributed by atoms with Crippen LogP contribution < -0.4 is 10.5 Å². The zero-order valence-electron chi connectivity index (χ0n) is 9.53. The number of rotatable bonds is 5. The van der Waals surface area contributed by atoms with E-state index in [0.29, 0.717) is 0 Å². The molecule has 98 valence electrons. The first-order valence-corrected chi connectivity index (χ1v) is 4.95. The van der Waals surface area contributed by atoms with E-state index in [-0.39, 0.29) is 16.9 Å². The number of hydrogen-bond donors (Lipinski definition) is 4. The number of methoxy groups -OCH3 is 1. The van der Waals surface area contributed by atoms with E-state index in [0.717, 1.165) is 6.07 Å². The van der Waals surface area contributed by atoms with Gasteiger partial charge in [0.25, 0.3) is 0 Å². The predicted molar refractivity (Wildman–Crippen MR) is 60.1 cm³/mol. The van der Waals surface area contributed by atoms with Crippen molar-refractivity contribution in [1.29, 1.82) is 0 Å². The molecule has 0 fully saturated rings. The monoisotopic (exact) mass is 255 g/mol. The van der Waals surface area contributed by atoms with Gasteiger partial charge >= 0.3 is 5.97 Å². The fourth-order valence-electron chi connectivity index (χ4n) is 1.41. The minimum Gasteiger partial charge on any atom is -0.496 e. The minimum atomic E-state index is -1.81. The zero-order chi connectivity index (χ0) is 13.9. The van der Waals surface area contributed by atoms with Crippen LogP contribution in [0.5, 0.6) is 5.75 Å². The molecule has 0 aliphatic carbocycles. The van der Waals surface area contributed by atoms with Crippen molar-refractivity contribution in [2.75, 3.05) is 7.11 Å². The summed E-state index contributed by atoms with van der Waals surface area (Å²) in [6, 6.07) is 3.76. The highest BCUT2D eigenvalue weighted by atomic mass is 16.5. The minimum absolute atomic E-state index is 0.0551. The van der Waals surface area contributed by atoms with E-state index < -0.39 is 24.1 Å². The molecule has 18 heavy (non-hydrogen) atoms. The zero-order valence-corrected chi connectivity index (χ0v) is 9.53. The highest BCUT2D eigenvalue weighted by Crippen LogP contribution is 2.25. The third kappa shape index (κ3) is 2.76. The normalized spacial score (nSPS) is 13.7. The van der Waals surface area contributed by atoms with Gasteiger partial charge in [0, 0.05) is 0 Å². The Kier molecular flexibility index (Phi) is 4.24. The lowest BCUT2D eigenvalue weighted by Gasteiger charge is -2.16. The summed E-state index contributed by atoms with van der Waals surface area (Å²) in [5.74, 6) is -2.25. The van der Waals surface area contributed by atoms with Crippen molar-refractivity contribution in [2.45, 2.75) is 12.2 Å². The number of amides is 1. The molecule has 0 spiro atoms. The lowest BCUT2D eigenvalue weighted by molar-refractivity contribution is -0.131. The number of carbonyl (C=O) groups excluding carboxylic acids is 1. The number of carbonyl (C=O) groups is 2. The second kappa shape index (κ2) is 5.48. The summed E-state index contributed by atoms with van der Waals surface area (Å²) in [6.45, 7) is 0. The molecule has 0 saturated carbocycles. The van der Waals surface area contributed by atoms with Gasteiger partial charge in [-0.3, -0.25) is 4.79 Å². The molecule has 0 heterocycles. The van der Waals surface area contributed by atoms with Crippen LogP contribution in [-0.2, 0) is 4.79 Å². The molecule has 0 aliphatic rings. The summed E-state index contributed by atoms with van der Waals surface area (Å²) < 4.78 is 4.83. The van der Waals surface area contributed by atoms with Crippen LogP contribution in [0.1, 0.15) is 22.0 Å². The number of ether oxygens (including phenoxy) is 1. The molecule has 1 rings (SSSR count). The Balaban J connectivity index is 3.15. The number of nitrogens with two attached hydrogens (primary N) is 1. The maximum Gasteiger partial charge on any atom is 0.339 e. The number of aromatic carboxylic acids is 1. The van der Waals surface area contributed by atoms with Gasteiger partial charge in [-0.05, 0) is 17.7 Å². The molecular formula is C11H13NO6. The average molecular weight is 255 g/mol. The Hall–Kier alpha value is -2.12. The molecule has 2 atom stereocenters. The van der Waals surface area contributed by atoms with Gasteiger partial charge in [0.2, 0.25) is 5.91 Å². The SMILES string of the molecule is COc1ccc(C(O)C(O)C(N)=O)cc1C(=O)O. The van der Waals surface area contributed by atoms with E-state index in [1.54, 1.807) is 0 Å². The second-order valence-corrected chi connectivity index (χ2v) is 3.56. The molecular weight excluding hydrogens is 242 g/mol. The van der Waals surface area contributed by atoms with Gasteiger partial charge < -0.3 is 25.8 Å². The molecule has 1 amide bonds. The molecule has 7 nitrogen and oxygen atoms in total. The summed E-state index contributed by atoms with van der Waals surface area (Å²) in [5, 5.41) is 27.9. The van der Waals surface area contributed by atoms with E-state index >= 15 is 0 Å². The molecule has 2 unspecified atom stereocenters. The lowest BCUT2D eigenvalue weighted by Crippen LogP contribution is -2.33. The Morgan fingerprint density at radius 3 is 2.39 bits per heavy atom. The van der Waals surface area contributed by atoms with E-state index in [1.807, 2.05) is 0 Å². The number of carboxylic acid groups (broad SMARTS) is 1. The van der Waals surface area contributed by atoms with Crippen LogP contribution in [0, 0.1) is 0 Å². The average Bonchev–Trinajstić information content (AvgIpc) is 2.35. The highest BCUT2D eigenvalue weighted by molar-refractivity contribution is 5.91. The van der Waals surface area contributed by atoms with Gasteiger partial charge in [0.1, 0.15) is 17.4 Å². The van der Waals surface area contributed by atoms with Crippen molar-refractivity contribution in [3.05, 3.63) is 29.3 Å². The van der Waals surface area contributed by atoms with Crippen LogP contribution in [0.2, 0.25) is 0 Å². The largest absolute Gasteiger partial charge is 0.496 e. The Morgan fingerprint density at radius 1 is 1.33 bits per heavy atom. The molecule has 0 aliphatic heterocycles. The van der Waals surface area contributed by atoms with Crippen LogP contribution in [0.15, 0.2) is 18.2 Å². The van der Waals surface area contributed by atoms with Gasteiger partial charge in [0.15, 0.2) is 6.10 Å². The lowest BCUT2D eigenvalue weighted by atomic mass is 10.0. The molecule has 0 aromatic heterocycles. The Bertz CT molecular complexity index is 473. The topological polar surface area (TPSA) is 130 Å². The maximum atomic E-state index is 10.9. The summed E-state index contributed by atoms with van der Waals surface area (Å²) in [4.78, 5) is 21.7. The Labute approximate surface area is 102 Å². The van der Waals surface area contributed by atoms with Crippen molar-refractivity contribution in [2.24, 2.45) is 5.73 Å². The van der Waals surface area contributed by atoms with Crippen LogP contribution in [0.4, 0.5) is 0 Å². The number of hydrogen-bond acceptors (Lipinski definition) is 5. The Morgan fingerprint density at radius 2 is 1.94 bits per heavy atom. The first-order valence-electron chi connectivity index (χ1n) is 4.95. The fraction of sp³-hybridized carbons (Fsp3) is 0.273. The van der Waals surface area contributed by atoms with Gasteiger partial charge in [0.05, 0.1) is 7.11 Å². The molecule has 5 N–H and O–H groups in total. The maximum absolute atomic E-state index is 10.9. The van der Waals surface area contributed by atoms with Crippen molar-refractivity contribution in [3.8, 4) is 5.75 Å². The van der Waals surface area contributed by atoms with Crippen LogP contribution in [-0.4, -0.2) is 40.4 Å². The molecule has 0 radical (unpaired) electrons. The van der Waals surface area contributed by atoms with Gasteiger partial charge in [-0.25, -0.2) is 4.79 Å². The number of primary amides is 1. The summed E-state index contributed by atoms with van der Waals surface area (Å²) in [7, 11) is 1.30. The number of carboxylic acids is 1. The summed E-state index contributed by atoms with van der Waals surface area (Å²) in [6.07, 6.45) is -3.40. The summed E-state index contributed by atoms with van der Waals surface area (Å²) >= 11 is 0. The van der Waals surface area contributed by atoms with Crippen molar-refractivity contribution < 1.29 is 29.6 Å². The van der Waals surface area contributed by atoms with Crippen molar-refractivity contribution in [3.63, 3.8) is 0 Å². The first-order chi connectivity index (χ1) is 8.38. The highest BCUT2D eigenvalue weighted by Gasteiger charge is 2.25. The standard InChI is InChI=1S/C11H13NO6/c1-18-7-3-2-5(4-6(7)11(16)17)8(13)9(14)10(12)15/h2-4,8-9,13-14H,1H3,(H2,12,15)(H,16,17). The molecule has 1 aromatic carbocycles. The molecule has 0 saturated heterocycles. The van der Waals surface area contributed by atoms with Crippen LogP contribution >= 0.6 is 0 Å². The van der Waals surface area contributed by atoms with Gasteiger partial charge in [-0.15, -0.1) is 0 Å². The van der Waals surface area contributed by atoms with E-state index in [1.165, 1.54) is 19.2 Å². The predicted octanol–water partition coefficient (Wildman–Crippen LogP) is -0.727. The van der Waals surface area contributed by atoms with E-state index in [9.17, 15) is 19.8 Å². The quantitative estimate of drug-likeness (QED) is 0.549. The van der Waals surface area contributed by atoms with Crippen molar-refractivity contribution >= 4 is 11.9 Å². The molecule has 0 bridgehead atoms. The number of aliphatic hydroxyl groups excluding tert-OH is 2. The number of aliphatic hydroxyl groups is 2. The second-order valence-electron chi connectivity index (χ2n) is 3.56. The number of benzene rings is 1. The van der Waals surface area contributed by atoms with Crippen LogP contribution in [0.3, 0.4) is 0 Å². The molecule has 1 aromatic rings.